The van der Waals surface area contributed by atoms with Gasteiger partial charge in [0.15, 0.2) is 0 Å². The molecule has 1 aromatic carbocycles. The van der Waals surface area contributed by atoms with Gasteiger partial charge in [-0.25, -0.2) is 4.79 Å². The van der Waals surface area contributed by atoms with Crippen LogP contribution in [0.25, 0.3) is 0 Å². The van der Waals surface area contributed by atoms with Gasteiger partial charge in [0.05, 0.1) is 31.5 Å². The molecule has 1 atom stereocenters. The number of nitrogens with one attached hydrogen (secondary N) is 1. The first-order chi connectivity index (χ1) is 11.7. The number of hydrogen-bond donors (Lipinski definition) is 1. The third-order valence-electron chi connectivity index (χ3n) is 5.35. The smallest absolute Gasteiger partial charge is 0.453 e. The van der Waals surface area contributed by atoms with Gasteiger partial charge in [0.2, 0.25) is 0 Å². The fraction of sp³-hybridized carbons (Fsp3) is 0.611. The summed E-state index contributed by atoms with van der Waals surface area (Å²) in [5.74, 6) is 0. The lowest BCUT2D eigenvalue weighted by atomic mass is 9.77. The van der Waals surface area contributed by atoms with Crippen molar-refractivity contribution < 1.29 is 23.6 Å². The van der Waals surface area contributed by atoms with Crippen LogP contribution in [-0.2, 0) is 25.2 Å². The first-order valence-corrected chi connectivity index (χ1v) is 8.65. The minimum absolute atomic E-state index is 0.171. The Bertz CT molecular complexity index is 645. The van der Waals surface area contributed by atoms with Gasteiger partial charge in [0.25, 0.3) is 0 Å². The molecule has 1 amide bonds. The first kappa shape index (κ1) is 18.2. The van der Waals surface area contributed by atoms with E-state index in [4.69, 9.17) is 14.0 Å². The first-order valence-electron chi connectivity index (χ1n) is 8.65. The second kappa shape index (κ2) is 6.63. The predicted octanol–water partition coefficient (Wildman–Crippen LogP) is 1.96. The molecule has 3 rings (SSSR count). The van der Waals surface area contributed by atoms with E-state index >= 15 is 0 Å². The van der Waals surface area contributed by atoms with Crippen molar-refractivity contribution in [1.82, 2.24) is 5.32 Å². The Hall–Kier alpha value is -1.57. The highest BCUT2D eigenvalue weighted by atomic mass is 16.7. The average Bonchev–Trinajstić information content (AvgIpc) is 2.79. The van der Waals surface area contributed by atoms with Crippen LogP contribution < -0.4 is 10.8 Å². The summed E-state index contributed by atoms with van der Waals surface area (Å²) in [4.78, 5) is 11.3. The Morgan fingerprint density at radius 1 is 1.28 bits per heavy atom. The lowest BCUT2D eigenvalue weighted by Crippen LogP contribution is -2.41. The molecule has 2 aliphatic heterocycles. The molecule has 0 aliphatic carbocycles. The van der Waals surface area contributed by atoms with Gasteiger partial charge in [-0.05, 0) is 50.7 Å². The molecule has 2 aliphatic rings. The van der Waals surface area contributed by atoms with Crippen molar-refractivity contribution in [2.24, 2.45) is 0 Å². The maximum Gasteiger partial charge on any atom is 0.494 e. The average molecular weight is 347 g/mol. The molecule has 7 heteroatoms. The van der Waals surface area contributed by atoms with E-state index in [2.05, 4.69) is 16.1 Å². The molecule has 1 fully saturated rings. The summed E-state index contributed by atoms with van der Waals surface area (Å²) in [6.45, 7) is 9.20. The lowest BCUT2D eigenvalue weighted by Gasteiger charge is -2.32. The summed E-state index contributed by atoms with van der Waals surface area (Å²) in [6, 6.07) is 6.18. The molecule has 1 saturated heterocycles. The van der Waals surface area contributed by atoms with Crippen LogP contribution in [0.3, 0.4) is 0 Å². The summed E-state index contributed by atoms with van der Waals surface area (Å²) in [7, 11) is 0.979. The maximum atomic E-state index is 11.3. The van der Waals surface area contributed by atoms with Crippen LogP contribution in [0.5, 0.6) is 0 Å². The van der Waals surface area contributed by atoms with Crippen molar-refractivity contribution in [3.63, 3.8) is 0 Å². The summed E-state index contributed by atoms with van der Waals surface area (Å²) in [5.41, 5.74) is 2.59. The third-order valence-corrected chi connectivity index (χ3v) is 5.35. The van der Waals surface area contributed by atoms with E-state index in [1.807, 2.05) is 39.8 Å². The minimum atomic E-state index is -0.454. The predicted molar refractivity (Wildman–Crippen MR) is 95.0 cm³/mol. The van der Waals surface area contributed by atoms with Gasteiger partial charge in [-0.15, -0.1) is 0 Å². The van der Waals surface area contributed by atoms with Crippen molar-refractivity contribution >= 4 is 18.7 Å². The number of methoxy groups -OCH3 is 1. The van der Waals surface area contributed by atoms with Gasteiger partial charge in [-0.1, -0.05) is 18.2 Å². The maximum absolute atomic E-state index is 11.3. The standard InChI is InChI=1S/C18H26BNO5/c1-17(2)18(3,4)25-19(24-17)13-6-7-14-12(10-13)8-9-23-15(14)11-20-16(21)22-5/h6-7,10,15H,8-9,11H2,1-5H3,(H,20,21). The number of fused-ring (bicyclic) bond motifs is 1. The van der Waals surface area contributed by atoms with Crippen LogP contribution in [0, 0.1) is 0 Å². The van der Waals surface area contributed by atoms with Gasteiger partial charge < -0.3 is 24.1 Å². The Morgan fingerprint density at radius 2 is 1.96 bits per heavy atom. The Labute approximate surface area is 149 Å². The van der Waals surface area contributed by atoms with E-state index < -0.39 is 6.09 Å². The van der Waals surface area contributed by atoms with Crippen LogP contribution in [0.1, 0.15) is 44.9 Å². The number of carbonyl (C=O) groups is 1. The second-order valence-electron chi connectivity index (χ2n) is 7.53. The molecule has 25 heavy (non-hydrogen) atoms. The Balaban J connectivity index is 1.77. The monoisotopic (exact) mass is 347 g/mol. The molecule has 0 radical (unpaired) electrons. The van der Waals surface area contributed by atoms with Crippen LogP contribution in [0.2, 0.25) is 0 Å². The van der Waals surface area contributed by atoms with E-state index in [0.29, 0.717) is 13.2 Å². The van der Waals surface area contributed by atoms with E-state index in [1.165, 1.54) is 12.7 Å². The second-order valence-corrected chi connectivity index (χ2v) is 7.53. The van der Waals surface area contributed by atoms with Gasteiger partial charge in [0.1, 0.15) is 6.10 Å². The van der Waals surface area contributed by atoms with Gasteiger partial charge in [-0.3, -0.25) is 0 Å². The molecule has 0 spiro atoms. The Kier molecular flexibility index (Phi) is 4.83. The molecule has 1 aromatic rings. The normalized spacial score (nSPS) is 23.9. The fourth-order valence-corrected chi connectivity index (χ4v) is 3.10. The molecular weight excluding hydrogens is 321 g/mol. The number of benzene rings is 1. The highest BCUT2D eigenvalue weighted by Gasteiger charge is 2.51. The van der Waals surface area contributed by atoms with E-state index in [-0.39, 0.29) is 24.4 Å². The number of hydrogen-bond acceptors (Lipinski definition) is 5. The molecule has 136 valence electrons. The van der Waals surface area contributed by atoms with Gasteiger partial charge in [0, 0.05) is 0 Å². The van der Waals surface area contributed by atoms with Crippen LogP contribution >= 0.6 is 0 Å². The number of ether oxygens (including phenoxy) is 2. The van der Waals surface area contributed by atoms with Crippen molar-refractivity contribution in [1.29, 1.82) is 0 Å². The molecule has 0 aromatic heterocycles. The molecular formula is C18H26BNO5. The zero-order valence-electron chi connectivity index (χ0n) is 15.5. The minimum Gasteiger partial charge on any atom is -0.453 e. The van der Waals surface area contributed by atoms with Crippen molar-refractivity contribution in [3.8, 4) is 0 Å². The molecule has 0 saturated carbocycles. The van der Waals surface area contributed by atoms with E-state index in [1.54, 1.807) is 0 Å². The topological polar surface area (TPSA) is 66.0 Å². The highest BCUT2D eigenvalue weighted by molar-refractivity contribution is 6.62. The summed E-state index contributed by atoms with van der Waals surface area (Å²) in [6.07, 6.45) is 0.206. The van der Waals surface area contributed by atoms with Gasteiger partial charge in [-0.2, -0.15) is 0 Å². The van der Waals surface area contributed by atoms with Crippen molar-refractivity contribution in [3.05, 3.63) is 29.3 Å². The van der Waals surface area contributed by atoms with E-state index in [9.17, 15) is 4.79 Å². The van der Waals surface area contributed by atoms with Crippen molar-refractivity contribution in [2.45, 2.75) is 51.4 Å². The largest absolute Gasteiger partial charge is 0.494 e. The Morgan fingerprint density at radius 3 is 2.60 bits per heavy atom. The van der Waals surface area contributed by atoms with Gasteiger partial charge >= 0.3 is 13.2 Å². The SMILES string of the molecule is COC(=O)NCC1OCCc2cc(B3OC(C)(C)C(C)(C)O3)ccc21. The summed E-state index contributed by atoms with van der Waals surface area (Å²) >= 11 is 0. The number of rotatable bonds is 3. The number of carbonyl (C=O) groups excluding carboxylic acids is 1. The van der Waals surface area contributed by atoms with E-state index in [0.717, 1.165) is 17.4 Å². The lowest BCUT2D eigenvalue weighted by molar-refractivity contribution is 0.00578. The third kappa shape index (κ3) is 3.54. The van der Waals surface area contributed by atoms with Crippen LogP contribution in [-0.4, -0.2) is 44.7 Å². The zero-order valence-corrected chi connectivity index (χ0v) is 15.5. The molecule has 6 nitrogen and oxygen atoms in total. The fourth-order valence-electron chi connectivity index (χ4n) is 3.10. The number of alkyl carbamates (subject to hydrolysis) is 1. The quantitative estimate of drug-likeness (QED) is 0.847. The summed E-state index contributed by atoms with van der Waals surface area (Å²) < 4.78 is 22.7. The van der Waals surface area contributed by atoms with Crippen LogP contribution in [0.4, 0.5) is 4.79 Å². The summed E-state index contributed by atoms with van der Waals surface area (Å²) in [5, 5.41) is 2.70. The van der Waals surface area contributed by atoms with Crippen LogP contribution in [0.15, 0.2) is 18.2 Å². The zero-order chi connectivity index (χ0) is 18.2. The van der Waals surface area contributed by atoms with Crippen molar-refractivity contribution in [2.75, 3.05) is 20.3 Å². The molecule has 2 heterocycles. The highest BCUT2D eigenvalue weighted by Crippen LogP contribution is 2.37. The number of amides is 1. The molecule has 1 unspecified atom stereocenters. The molecule has 0 bridgehead atoms. The molecule has 1 N–H and O–H groups in total.